The second-order valence-corrected chi connectivity index (χ2v) is 4.67. The molecule has 3 heteroatoms. The van der Waals surface area contributed by atoms with Crippen molar-refractivity contribution >= 4 is 0 Å². The van der Waals surface area contributed by atoms with Gasteiger partial charge >= 0.3 is 0 Å². The second kappa shape index (κ2) is 6.96. The van der Waals surface area contributed by atoms with Gasteiger partial charge in [0.1, 0.15) is 17.2 Å². The Morgan fingerprint density at radius 3 is 2.30 bits per heavy atom. The van der Waals surface area contributed by atoms with Gasteiger partial charge in [0.15, 0.2) is 0 Å². The summed E-state index contributed by atoms with van der Waals surface area (Å²) in [6, 6.07) is 13.9. The van der Waals surface area contributed by atoms with Crippen molar-refractivity contribution in [3.63, 3.8) is 0 Å². The van der Waals surface area contributed by atoms with E-state index in [4.69, 9.17) is 15.2 Å². The molecule has 0 radical (unpaired) electrons. The van der Waals surface area contributed by atoms with E-state index in [1.807, 2.05) is 30.3 Å². The molecule has 0 spiro atoms. The van der Waals surface area contributed by atoms with Crippen LogP contribution in [0, 0.1) is 0 Å². The summed E-state index contributed by atoms with van der Waals surface area (Å²) in [4.78, 5) is 0. The van der Waals surface area contributed by atoms with Gasteiger partial charge in [0.25, 0.3) is 0 Å². The third-order valence-electron chi connectivity index (χ3n) is 3.18. The second-order valence-electron chi connectivity index (χ2n) is 4.67. The number of hydrogen-bond donors (Lipinski definition) is 1. The van der Waals surface area contributed by atoms with Crippen molar-refractivity contribution in [3.05, 3.63) is 53.6 Å². The van der Waals surface area contributed by atoms with Gasteiger partial charge in [-0.1, -0.05) is 31.5 Å². The Labute approximate surface area is 120 Å². The molecule has 0 saturated heterocycles. The molecule has 0 saturated carbocycles. The van der Waals surface area contributed by atoms with Crippen LogP contribution in [0.1, 0.15) is 24.5 Å². The fourth-order valence-electron chi connectivity index (χ4n) is 2.07. The maximum Gasteiger partial charge on any atom is 0.135 e. The molecule has 2 aromatic carbocycles. The van der Waals surface area contributed by atoms with Crippen LogP contribution in [0.2, 0.25) is 0 Å². The Kier molecular flexibility index (Phi) is 5.02. The minimum absolute atomic E-state index is 0.438. The lowest BCUT2D eigenvalue weighted by molar-refractivity contribution is 0.408. The maximum absolute atomic E-state index is 5.92. The molecule has 106 valence electrons. The van der Waals surface area contributed by atoms with E-state index in [-0.39, 0.29) is 0 Å². The first kappa shape index (κ1) is 14.4. The van der Waals surface area contributed by atoms with Crippen LogP contribution in [0.3, 0.4) is 0 Å². The highest BCUT2D eigenvalue weighted by atomic mass is 16.5. The lowest BCUT2D eigenvalue weighted by Gasteiger charge is -2.12. The number of rotatable bonds is 6. The van der Waals surface area contributed by atoms with Gasteiger partial charge in [-0.2, -0.15) is 0 Å². The van der Waals surface area contributed by atoms with Crippen LogP contribution in [0.5, 0.6) is 17.2 Å². The molecule has 3 nitrogen and oxygen atoms in total. The van der Waals surface area contributed by atoms with Gasteiger partial charge in [0, 0.05) is 18.2 Å². The summed E-state index contributed by atoms with van der Waals surface area (Å²) >= 11 is 0. The molecule has 0 aliphatic rings. The molecular weight excluding hydrogens is 250 g/mol. The summed E-state index contributed by atoms with van der Waals surface area (Å²) in [5.41, 5.74) is 8.02. The molecule has 0 bridgehead atoms. The molecule has 0 unspecified atom stereocenters. The van der Waals surface area contributed by atoms with Gasteiger partial charge in [0.2, 0.25) is 0 Å². The lowest BCUT2D eigenvalue weighted by atomic mass is 10.1. The van der Waals surface area contributed by atoms with Crippen LogP contribution >= 0.6 is 0 Å². The number of ether oxygens (including phenoxy) is 2. The molecule has 2 rings (SSSR count). The zero-order valence-electron chi connectivity index (χ0n) is 12.1. The van der Waals surface area contributed by atoms with E-state index in [0.717, 1.165) is 35.7 Å². The molecule has 0 atom stereocenters. The van der Waals surface area contributed by atoms with Crippen molar-refractivity contribution in [3.8, 4) is 17.2 Å². The smallest absolute Gasteiger partial charge is 0.135 e. The van der Waals surface area contributed by atoms with Crippen molar-refractivity contribution < 1.29 is 9.47 Å². The predicted molar refractivity (Wildman–Crippen MR) is 81.4 cm³/mol. The quantitative estimate of drug-likeness (QED) is 0.866. The monoisotopic (exact) mass is 271 g/mol. The van der Waals surface area contributed by atoms with Crippen LogP contribution in [0.15, 0.2) is 42.5 Å². The summed E-state index contributed by atoms with van der Waals surface area (Å²) in [6.07, 6.45) is 2.24. The summed E-state index contributed by atoms with van der Waals surface area (Å²) in [7, 11) is 1.64. The van der Waals surface area contributed by atoms with Gasteiger partial charge in [0.05, 0.1) is 7.11 Å². The van der Waals surface area contributed by atoms with Crippen LogP contribution < -0.4 is 15.2 Å². The average Bonchev–Trinajstić information content (AvgIpc) is 2.49. The van der Waals surface area contributed by atoms with Gasteiger partial charge in [-0.25, -0.2) is 0 Å². The summed E-state index contributed by atoms with van der Waals surface area (Å²) in [5.74, 6) is 2.32. The maximum atomic E-state index is 5.92. The van der Waals surface area contributed by atoms with Crippen molar-refractivity contribution in [2.45, 2.75) is 26.3 Å². The van der Waals surface area contributed by atoms with Crippen molar-refractivity contribution in [1.29, 1.82) is 0 Å². The topological polar surface area (TPSA) is 44.5 Å². The lowest BCUT2D eigenvalue weighted by Crippen LogP contribution is -2.00. The van der Waals surface area contributed by atoms with Crippen LogP contribution in [0.4, 0.5) is 0 Å². The van der Waals surface area contributed by atoms with E-state index in [1.165, 1.54) is 5.56 Å². The molecular formula is C17H21NO2. The Balaban J connectivity index is 2.19. The average molecular weight is 271 g/mol. The van der Waals surface area contributed by atoms with Crippen LogP contribution in [0.25, 0.3) is 0 Å². The van der Waals surface area contributed by atoms with Crippen LogP contribution in [-0.2, 0) is 13.0 Å². The molecule has 2 aromatic rings. The van der Waals surface area contributed by atoms with Crippen molar-refractivity contribution in [1.82, 2.24) is 0 Å². The number of benzene rings is 2. The standard InChI is InChI=1S/C17H21NO2/c1-3-4-13-5-8-15(9-6-13)20-17-11-16(19-2)10-7-14(17)12-18/h5-11H,3-4,12,18H2,1-2H3. The molecule has 2 N–H and O–H groups in total. The fourth-order valence-corrected chi connectivity index (χ4v) is 2.07. The van der Waals surface area contributed by atoms with Gasteiger partial charge in [-0.3, -0.25) is 0 Å². The molecule has 0 amide bonds. The van der Waals surface area contributed by atoms with Gasteiger partial charge < -0.3 is 15.2 Å². The Morgan fingerprint density at radius 1 is 1.00 bits per heavy atom. The van der Waals surface area contributed by atoms with Crippen molar-refractivity contribution in [2.24, 2.45) is 5.73 Å². The van der Waals surface area contributed by atoms with E-state index in [2.05, 4.69) is 19.1 Å². The molecule has 0 aromatic heterocycles. The largest absolute Gasteiger partial charge is 0.497 e. The number of hydrogen-bond acceptors (Lipinski definition) is 3. The first-order valence-electron chi connectivity index (χ1n) is 6.90. The van der Waals surface area contributed by atoms with E-state index < -0.39 is 0 Å². The highest BCUT2D eigenvalue weighted by molar-refractivity contribution is 5.43. The van der Waals surface area contributed by atoms with E-state index in [1.54, 1.807) is 7.11 Å². The highest BCUT2D eigenvalue weighted by Gasteiger charge is 2.06. The highest BCUT2D eigenvalue weighted by Crippen LogP contribution is 2.29. The van der Waals surface area contributed by atoms with Crippen molar-refractivity contribution in [2.75, 3.05) is 7.11 Å². The van der Waals surface area contributed by atoms with Gasteiger partial charge in [-0.15, -0.1) is 0 Å². The zero-order chi connectivity index (χ0) is 14.4. The molecule has 0 aliphatic carbocycles. The minimum atomic E-state index is 0.438. The van der Waals surface area contributed by atoms with Crippen LogP contribution in [-0.4, -0.2) is 7.11 Å². The number of nitrogens with two attached hydrogens (primary N) is 1. The SMILES string of the molecule is CCCc1ccc(Oc2cc(OC)ccc2CN)cc1. The third-order valence-corrected chi connectivity index (χ3v) is 3.18. The summed E-state index contributed by atoms with van der Waals surface area (Å²) in [5, 5.41) is 0. The Morgan fingerprint density at radius 2 is 1.70 bits per heavy atom. The first-order valence-corrected chi connectivity index (χ1v) is 6.90. The van der Waals surface area contributed by atoms with E-state index in [9.17, 15) is 0 Å². The molecule has 0 heterocycles. The number of aryl methyl sites for hydroxylation is 1. The Bertz CT molecular complexity index is 549. The molecule has 20 heavy (non-hydrogen) atoms. The summed E-state index contributed by atoms with van der Waals surface area (Å²) in [6.45, 7) is 2.61. The molecule has 0 fully saturated rings. The Hall–Kier alpha value is -2.00. The minimum Gasteiger partial charge on any atom is -0.497 e. The first-order chi connectivity index (χ1) is 9.76. The third kappa shape index (κ3) is 3.52. The van der Waals surface area contributed by atoms with Gasteiger partial charge in [-0.05, 0) is 30.2 Å². The number of methoxy groups -OCH3 is 1. The molecule has 0 aliphatic heterocycles. The van der Waals surface area contributed by atoms with E-state index >= 15 is 0 Å². The van der Waals surface area contributed by atoms with E-state index in [0.29, 0.717) is 6.54 Å². The predicted octanol–water partition coefficient (Wildman–Crippen LogP) is 3.90. The summed E-state index contributed by atoms with van der Waals surface area (Å²) < 4.78 is 11.1. The normalized spacial score (nSPS) is 10.3. The fraction of sp³-hybridized carbons (Fsp3) is 0.294. The zero-order valence-corrected chi connectivity index (χ0v) is 12.1.